The average Bonchev–Trinajstić information content (AvgIpc) is 3.20. The van der Waals surface area contributed by atoms with E-state index >= 15 is 0 Å². The summed E-state index contributed by atoms with van der Waals surface area (Å²) in [5.74, 6) is -5.44. The molecule has 0 amide bonds. The maximum absolute atomic E-state index is 13.8. The van der Waals surface area contributed by atoms with Crippen molar-refractivity contribution < 1.29 is 22.3 Å². The van der Waals surface area contributed by atoms with E-state index in [9.17, 15) is 17.6 Å². The lowest BCUT2D eigenvalue weighted by atomic mass is 9.92. The Kier molecular flexibility index (Phi) is 5.92. The van der Waals surface area contributed by atoms with Crippen LogP contribution < -0.4 is 5.32 Å². The van der Waals surface area contributed by atoms with Crippen molar-refractivity contribution in [2.45, 2.75) is 56.6 Å². The lowest BCUT2D eigenvalue weighted by Gasteiger charge is -2.29. The van der Waals surface area contributed by atoms with Gasteiger partial charge in [0.25, 0.3) is 0 Å². The minimum Gasteiger partial charge on any atom is -0.375 e. The van der Waals surface area contributed by atoms with Gasteiger partial charge in [-0.3, -0.25) is 0 Å². The topological polar surface area (TPSA) is 64.9 Å². The van der Waals surface area contributed by atoms with Crippen molar-refractivity contribution in [3.63, 3.8) is 0 Å². The SMILES string of the molecule is C=CC(F)(F)c1ccn(-c2cc(C(C)OC)nc(NC3CCC(F)(F)CC3)n2)n1. The quantitative estimate of drug-likeness (QED) is 0.529. The maximum atomic E-state index is 13.8. The van der Waals surface area contributed by atoms with Gasteiger partial charge in [0.2, 0.25) is 11.9 Å². The summed E-state index contributed by atoms with van der Waals surface area (Å²) in [5, 5.41) is 6.97. The molecule has 1 aliphatic rings. The Balaban J connectivity index is 1.89. The molecule has 2 heterocycles. The zero-order valence-electron chi connectivity index (χ0n) is 16.2. The van der Waals surface area contributed by atoms with Crippen LogP contribution in [0.2, 0.25) is 0 Å². The van der Waals surface area contributed by atoms with Crippen LogP contribution >= 0.6 is 0 Å². The summed E-state index contributed by atoms with van der Waals surface area (Å²) < 4.78 is 60.9. The van der Waals surface area contributed by atoms with E-state index in [0.29, 0.717) is 11.8 Å². The minimum atomic E-state index is -3.27. The number of hydrogen-bond donors (Lipinski definition) is 1. The van der Waals surface area contributed by atoms with Gasteiger partial charge in [-0.2, -0.15) is 18.9 Å². The number of ether oxygens (including phenoxy) is 1. The molecule has 0 aromatic carbocycles. The van der Waals surface area contributed by atoms with Gasteiger partial charge >= 0.3 is 5.92 Å². The summed E-state index contributed by atoms with van der Waals surface area (Å²) in [4.78, 5) is 8.73. The van der Waals surface area contributed by atoms with E-state index in [0.717, 1.165) is 0 Å². The molecule has 29 heavy (non-hydrogen) atoms. The van der Waals surface area contributed by atoms with Crippen LogP contribution in [0.25, 0.3) is 5.82 Å². The van der Waals surface area contributed by atoms with Gasteiger partial charge in [0.05, 0.1) is 11.8 Å². The fraction of sp³-hybridized carbons (Fsp3) is 0.526. The number of alkyl halides is 4. The van der Waals surface area contributed by atoms with Crippen LogP contribution in [-0.4, -0.2) is 38.8 Å². The summed E-state index contributed by atoms with van der Waals surface area (Å²) in [6, 6.07) is 2.56. The van der Waals surface area contributed by atoms with Crippen LogP contribution in [0.1, 0.15) is 50.1 Å². The second-order valence-electron chi connectivity index (χ2n) is 7.10. The summed E-state index contributed by atoms with van der Waals surface area (Å²) in [5.41, 5.74) is 0.0464. The Morgan fingerprint density at radius 3 is 2.66 bits per heavy atom. The third-order valence-corrected chi connectivity index (χ3v) is 4.97. The van der Waals surface area contributed by atoms with E-state index in [1.165, 1.54) is 24.1 Å². The second kappa shape index (κ2) is 8.10. The molecule has 0 aliphatic heterocycles. The predicted octanol–water partition coefficient (Wildman–Crippen LogP) is 4.64. The van der Waals surface area contributed by atoms with Crippen molar-refractivity contribution in [3.8, 4) is 5.82 Å². The third-order valence-electron chi connectivity index (χ3n) is 4.97. The Morgan fingerprint density at radius 1 is 1.34 bits per heavy atom. The fourth-order valence-electron chi connectivity index (χ4n) is 3.06. The predicted molar refractivity (Wildman–Crippen MR) is 99.5 cm³/mol. The van der Waals surface area contributed by atoms with Crippen molar-refractivity contribution in [2.24, 2.45) is 0 Å². The molecule has 6 nitrogen and oxygen atoms in total. The van der Waals surface area contributed by atoms with Crippen LogP contribution in [0.15, 0.2) is 31.0 Å². The lowest BCUT2D eigenvalue weighted by molar-refractivity contribution is -0.0361. The molecule has 1 atom stereocenters. The normalized spacial score (nSPS) is 18.4. The van der Waals surface area contributed by atoms with Crippen molar-refractivity contribution >= 4 is 5.95 Å². The zero-order valence-corrected chi connectivity index (χ0v) is 16.2. The number of nitrogens with zero attached hydrogens (tertiary/aromatic N) is 4. The Morgan fingerprint density at radius 2 is 2.03 bits per heavy atom. The number of anilines is 1. The van der Waals surface area contributed by atoms with E-state index in [1.807, 2.05) is 0 Å². The first-order chi connectivity index (χ1) is 13.6. The van der Waals surface area contributed by atoms with Crippen LogP contribution in [0, 0.1) is 0 Å². The van der Waals surface area contributed by atoms with Gasteiger partial charge in [-0.1, -0.05) is 6.58 Å². The van der Waals surface area contributed by atoms with Crippen molar-refractivity contribution in [1.29, 1.82) is 0 Å². The van der Waals surface area contributed by atoms with Crippen LogP contribution in [-0.2, 0) is 10.7 Å². The molecule has 2 aromatic rings. The molecule has 1 fully saturated rings. The molecule has 1 unspecified atom stereocenters. The first-order valence-electron chi connectivity index (χ1n) is 9.27. The van der Waals surface area contributed by atoms with Gasteiger partial charge in [-0.05, 0) is 31.9 Å². The van der Waals surface area contributed by atoms with Gasteiger partial charge in [0.1, 0.15) is 5.69 Å². The summed E-state index contributed by atoms with van der Waals surface area (Å²) in [6.45, 7) is 4.90. The number of hydrogen-bond acceptors (Lipinski definition) is 5. The van der Waals surface area contributed by atoms with Crippen LogP contribution in [0.3, 0.4) is 0 Å². The molecule has 0 bridgehead atoms. The Bertz CT molecular complexity index is 860. The number of allylic oxidation sites excluding steroid dienone is 1. The van der Waals surface area contributed by atoms with Gasteiger partial charge < -0.3 is 10.1 Å². The highest BCUT2D eigenvalue weighted by atomic mass is 19.3. The maximum Gasteiger partial charge on any atom is 0.309 e. The van der Waals surface area contributed by atoms with E-state index < -0.39 is 23.6 Å². The smallest absolute Gasteiger partial charge is 0.309 e. The molecule has 2 aromatic heterocycles. The molecule has 1 saturated carbocycles. The van der Waals surface area contributed by atoms with E-state index in [-0.39, 0.29) is 43.5 Å². The first-order valence-corrected chi connectivity index (χ1v) is 9.27. The molecule has 158 valence electrons. The molecule has 10 heteroatoms. The number of methoxy groups -OCH3 is 1. The summed E-state index contributed by atoms with van der Waals surface area (Å²) in [7, 11) is 1.51. The number of halogens is 4. The molecule has 0 spiro atoms. The third kappa shape index (κ3) is 4.92. The second-order valence-corrected chi connectivity index (χ2v) is 7.10. The standard InChI is InChI=1S/C19H23F4N5O/c1-4-19(22,23)15-7-10-28(27-15)16-11-14(12(2)29-3)25-17(26-16)24-13-5-8-18(20,21)9-6-13/h4,7,10-13H,1,5-6,8-9H2,2-3H3,(H,24,25,26). The molecule has 1 N–H and O–H groups in total. The highest BCUT2D eigenvalue weighted by molar-refractivity contribution is 5.37. The van der Waals surface area contributed by atoms with Crippen molar-refractivity contribution in [3.05, 3.63) is 42.4 Å². The van der Waals surface area contributed by atoms with Crippen molar-refractivity contribution in [2.75, 3.05) is 12.4 Å². The largest absolute Gasteiger partial charge is 0.375 e. The molecule has 3 rings (SSSR count). The average molecular weight is 413 g/mol. The molecule has 0 saturated heterocycles. The van der Waals surface area contributed by atoms with E-state index in [4.69, 9.17) is 4.74 Å². The minimum absolute atomic E-state index is 0.200. The highest BCUT2D eigenvalue weighted by Crippen LogP contribution is 2.34. The Labute approximate surface area is 166 Å². The van der Waals surface area contributed by atoms with Crippen molar-refractivity contribution in [1.82, 2.24) is 19.7 Å². The zero-order chi connectivity index (χ0) is 21.2. The molecular formula is C19H23F4N5O. The molecule has 1 aliphatic carbocycles. The summed E-state index contributed by atoms with van der Waals surface area (Å²) in [6.07, 6.45) is 1.65. The van der Waals surface area contributed by atoms with Crippen LogP contribution in [0.5, 0.6) is 0 Å². The number of aromatic nitrogens is 4. The van der Waals surface area contributed by atoms with E-state index in [1.54, 1.807) is 13.0 Å². The highest BCUT2D eigenvalue weighted by Gasteiger charge is 2.35. The van der Waals surface area contributed by atoms with Crippen LogP contribution in [0.4, 0.5) is 23.5 Å². The summed E-state index contributed by atoms with van der Waals surface area (Å²) >= 11 is 0. The van der Waals surface area contributed by atoms with Gasteiger partial charge in [-0.15, -0.1) is 0 Å². The molecule has 0 radical (unpaired) electrons. The monoisotopic (exact) mass is 413 g/mol. The van der Waals surface area contributed by atoms with Gasteiger partial charge in [0, 0.05) is 38.3 Å². The fourth-order valence-corrected chi connectivity index (χ4v) is 3.06. The van der Waals surface area contributed by atoms with Gasteiger partial charge in [0.15, 0.2) is 5.82 Å². The number of nitrogens with one attached hydrogen (secondary N) is 1. The van der Waals surface area contributed by atoms with Gasteiger partial charge in [-0.25, -0.2) is 18.4 Å². The van der Waals surface area contributed by atoms with E-state index in [2.05, 4.69) is 27.0 Å². The number of rotatable bonds is 7. The lowest BCUT2D eigenvalue weighted by Crippen LogP contribution is -2.32. The Hall–Kier alpha value is -2.49. The molecular weight excluding hydrogens is 390 g/mol. The first kappa shape index (κ1) is 21.2.